The Labute approximate surface area is 144 Å². The van der Waals surface area contributed by atoms with E-state index < -0.39 is 0 Å². The van der Waals surface area contributed by atoms with Gasteiger partial charge < -0.3 is 10.2 Å². The lowest BCUT2D eigenvalue weighted by molar-refractivity contribution is -0.129. The lowest BCUT2D eigenvalue weighted by atomic mass is 9.80. The Bertz CT molecular complexity index is 605. The molecule has 0 bridgehead atoms. The fourth-order valence-electron chi connectivity index (χ4n) is 4.09. The maximum absolute atomic E-state index is 13.0. The van der Waals surface area contributed by atoms with Crippen molar-refractivity contribution in [1.29, 1.82) is 0 Å². The molecule has 2 aliphatic rings. The molecule has 3 rings (SSSR count). The van der Waals surface area contributed by atoms with E-state index in [1.165, 1.54) is 5.56 Å². The standard InChI is InChI=1S/C20H28N2O2/c1-3-12-21-19(23)15-8-10-16(11-9-15)20(24)22-14(2)13-17-6-4-5-7-18(17)22/h4-7,14-16H,3,8-13H2,1-2H3,(H,21,23). The van der Waals surface area contributed by atoms with Crippen molar-refractivity contribution in [2.24, 2.45) is 11.8 Å². The van der Waals surface area contributed by atoms with Gasteiger partial charge in [0, 0.05) is 30.1 Å². The summed E-state index contributed by atoms with van der Waals surface area (Å²) in [5, 5.41) is 2.99. The van der Waals surface area contributed by atoms with Gasteiger partial charge >= 0.3 is 0 Å². The number of rotatable bonds is 4. The van der Waals surface area contributed by atoms with Gasteiger partial charge in [-0.1, -0.05) is 25.1 Å². The summed E-state index contributed by atoms with van der Waals surface area (Å²) in [6, 6.07) is 8.46. The first kappa shape index (κ1) is 17.0. The Morgan fingerprint density at radius 1 is 1.12 bits per heavy atom. The van der Waals surface area contributed by atoms with E-state index in [-0.39, 0.29) is 29.7 Å². The summed E-state index contributed by atoms with van der Waals surface area (Å²) in [6.07, 6.45) is 5.22. The first-order chi connectivity index (χ1) is 11.6. The maximum Gasteiger partial charge on any atom is 0.230 e. The van der Waals surface area contributed by atoms with Crippen LogP contribution in [0.2, 0.25) is 0 Å². The molecule has 1 unspecified atom stereocenters. The molecule has 0 aromatic heterocycles. The van der Waals surface area contributed by atoms with Crippen LogP contribution in [0, 0.1) is 11.8 Å². The Hall–Kier alpha value is -1.84. The van der Waals surface area contributed by atoms with Crippen LogP contribution in [-0.4, -0.2) is 24.4 Å². The first-order valence-electron chi connectivity index (χ1n) is 9.30. The average Bonchev–Trinajstić information content (AvgIpc) is 2.95. The van der Waals surface area contributed by atoms with Gasteiger partial charge in [0.25, 0.3) is 0 Å². The zero-order valence-corrected chi connectivity index (χ0v) is 14.8. The second kappa shape index (κ2) is 7.37. The topological polar surface area (TPSA) is 49.4 Å². The van der Waals surface area contributed by atoms with E-state index in [4.69, 9.17) is 0 Å². The molecule has 0 spiro atoms. The van der Waals surface area contributed by atoms with Gasteiger partial charge in [0.15, 0.2) is 0 Å². The molecule has 24 heavy (non-hydrogen) atoms. The molecular weight excluding hydrogens is 300 g/mol. The number of anilines is 1. The van der Waals surface area contributed by atoms with Crippen molar-refractivity contribution < 1.29 is 9.59 Å². The summed E-state index contributed by atoms with van der Waals surface area (Å²) < 4.78 is 0. The molecule has 1 saturated carbocycles. The minimum absolute atomic E-state index is 0.0637. The van der Waals surface area contributed by atoms with E-state index in [1.807, 2.05) is 17.0 Å². The molecule has 2 amide bonds. The molecule has 1 atom stereocenters. The van der Waals surface area contributed by atoms with Crippen molar-refractivity contribution in [3.63, 3.8) is 0 Å². The van der Waals surface area contributed by atoms with E-state index in [9.17, 15) is 9.59 Å². The second-order valence-corrected chi connectivity index (χ2v) is 7.23. The van der Waals surface area contributed by atoms with Crippen LogP contribution in [0.3, 0.4) is 0 Å². The van der Waals surface area contributed by atoms with Crippen LogP contribution in [0.15, 0.2) is 24.3 Å². The maximum atomic E-state index is 13.0. The second-order valence-electron chi connectivity index (χ2n) is 7.23. The van der Waals surface area contributed by atoms with Crippen molar-refractivity contribution in [1.82, 2.24) is 5.32 Å². The van der Waals surface area contributed by atoms with E-state index in [1.54, 1.807) is 0 Å². The van der Waals surface area contributed by atoms with Gasteiger partial charge in [0.05, 0.1) is 0 Å². The van der Waals surface area contributed by atoms with Crippen LogP contribution in [0.25, 0.3) is 0 Å². The van der Waals surface area contributed by atoms with Gasteiger partial charge in [0.1, 0.15) is 0 Å². The summed E-state index contributed by atoms with van der Waals surface area (Å²) in [5.74, 6) is 0.570. The van der Waals surface area contributed by atoms with Crippen LogP contribution in [0.4, 0.5) is 5.69 Å². The average molecular weight is 328 g/mol. The van der Waals surface area contributed by atoms with Crippen molar-refractivity contribution in [3.05, 3.63) is 29.8 Å². The number of nitrogens with zero attached hydrogens (tertiary/aromatic N) is 1. The highest BCUT2D eigenvalue weighted by Crippen LogP contribution is 2.36. The van der Waals surface area contributed by atoms with Crippen LogP contribution in [-0.2, 0) is 16.0 Å². The molecule has 130 valence electrons. The number of para-hydroxylation sites is 1. The number of nitrogens with one attached hydrogen (secondary N) is 1. The molecule has 0 radical (unpaired) electrons. The molecule has 4 heteroatoms. The normalized spacial score (nSPS) is 26.1. The van der Waals surface area contributed by atoms with Crippen LogP contribution in [0.1, 0.15) is 51.5 Å². The number of carbonyl (C=O) groups is 2. The van der Waals surface area contributed by atoms with Crippen molar-refractivity contribution in [3.8, 4) is 0 Å². The summed E-state index contributed by atoms with van der Waals surface area (Å²) in [5.41, 5.74) is 2.35. The van der Waals surface area contributed by atoms with Crippen molar-refractivity contribution >= 4 is 17.5 Å². The predicted octanol–water partition coefficient (Wildman–Crippen LogP) is 3.30. The molecular formula is C20H28N2O2. The van der Waals surface area contributed by atoms with Gasteiger partial charge in [0.2, 0.25) is 11.8 Å². The van der Waals surface area contributed by atoms with E-state index in [0.717, 1.165) is 50.8 Å². The smallest absolute Gasteiger partial charge is 0.230 e. The van der Waals surface area contributed by atoms with Crippen LogP contribution in [0.5, 0.6) is 0 Å². The van der Waals surface area contributed by atoms with E-state index in [0.29, 0.717) is 0 Å². The van der Waals surface area contributed by atoms with Crippen molar-refractivity contribution in [2.75, 3.05) is 11.4 Å². The Morgan fingerprint density at radius 3 is 2.50 bits per heavy atom. The van der Waals surface area contributed by atoms with Crippen LogP contribution < -0.4 is 10.2 Å². The summed E-state index contributed by atoms with van der Waals surface area (Å²) in [4.78, 5) is 27.1. The number of amides is 2. The highest BCUT2D eigenvalue weighted by atomic mass is 16.2. The molecule has 0 saturated heterocycles. The summed E-state index contributed by atoms with van der Waals surface area (Å²) in [7, 11) is 0. The third-order valence-electron chi connectivity index (χ3n) is 5.44. The lowest BCUT2D eigenvalue weighted by Gasteiger charge is -2.32. The zero-order chi connectivity index (χ0) is 17.1. The third-order valence-corrected chi connectivity index (χ3v) is 5.44. The zero-order valence-electron chi connectivity index (χ0n) is 14.8. The number of fused-ring (bicyclic) bond motifs is 1. The quantitative estimate of drug-likeness (QED) is 0.922. The fraction of sp³-hybridized carbons (Fsp3) is 0.600. The van der Waals surface area contributed by atoms with Gasteiger partial charge in [-0.05, 0) is 57.1 Å². The SMILES string of the molecule is CCCNC(=O)C1CCC(C(=O)N2c3ccccc3CC2C)CC1. The highest BCUT2D eigenvalue weighted by Gasteiger charge is 2.37. The summed E-state index contributed by atoms with van der Waals surface area (Å²) >= 11 is 0. The molecule has 1 heterocycles. The molecule has 1 N–H and O–H groups in total. The lowest BCUT2D eigenvalue weighted by Crippen LogP contribution is -2.42. The molecule has 1 aliphatic heterocycles. The first-order valence-corrected chi connectivity index (χ1v) is 9.30. The molecule has 4 nitrogen and oxygen atoms in total. The third kappa shape index (κ3) is 3.33. The predicted molar refractivity (Wildman–Crippen MR) is 95.8 cm³/mol. The fourth-order valence-corrected chi connectivity index (χ4v) is 4.09. The Balaban J connectivity index is 1.61. The monoisotopic (exact) mass is 328 g/mol. The van der Waals surface area contributed by atoms with Gasteiger partial charge in [-0.3, -0.25) is 9.59 Å². The minimum Gasteiger partial charge on any atom is -0.356 e. The Kier molecular flexibility index (Phi) is 5.22. The largest absolute Gasteiger partial charge is 0.356 e. The number of hydrogen-bond donors (Lipinski definition) is 1. The summed E-state index contributed by atoms with van der Waals surface area (Å²) in [6.45, 7) is 4.94. The highest BCUT2D eigenvalue weighted by molar-refractivity contribution is 5.97. The van der Waals surface area contributed by atoms with Crippen LogP contribution >= 0.6 is 0 Å². The number of hydrogen-bond acceptors (Lipinski definition) is 2. The van der Waals surface area contributed by atoms with E-state index >= 15 is 0 Å². The minimum atomic E-state index is 0.0637. The molecule has 1 aromatic rings. The van der Waals surface area contributed by atoms with E-state index in [2.05, 4.69) is 31.3 Å². The molecule has 1 fully saturated rings. The molecule has 1 aliphatic carbocycles. The molecule has 1 aromatic carbocycles. The van der Waals surface area contributed by atoms with Crippen molar-refractivity contribution in [2.45, 2.75) is 58.4 Å². The van der Waals surface area contributed by atoms with Gasteiger partial charge in [-0.25, -0.2) is 0 Å². The van der Waals surface area contributed by atoms with Gasteiger partial charge in [-0.2, -0.15) is 0 Å². The number of benzene rings is 1. The van der Waals surface area contributed by atoms with Gasteiger partial charge in [-0.15, -0.1) is 0 Å². The Morgan fingerprint density at radius 2 is 1.79 bits per heavy atom. The number of carbonyl (C=O) groups excluding carboxylic acids is 2.